The lowest BCUT2D eigenvalue weighted by Crippen LogP contribution is -2.36. The number of thiophene rings is 1. The molecule has 2 aromatic heterocycles. The highest BCUT2D eigenvalue weighted by molar-refractivity contribution is 7.19. The zero-order valence-electron chi connectivity index (χ0n) is 11.5. The number of nitrogens with zero attached hydrogens (tertiary/aromatic N) is 2. The van der Waals surface area contributed by atoms with Crippen LogP contribution in [0, 0.1) is 5.92 Å². The van der Waals surface area contributed by atoms with Crippen LogP contribution < -0.4 is 10.6 Å². The summed E-state index contributed by atoms with van der Waals surface area (Å²) in [6.07, 6.45) is 1.75. The predicted molar refractivity (Wildman–Crippen MR) is 84.1 cm³/mol. The van der Waals surface area contributed by atoms with Crippen LogP contribution in [-0.4, -0.2) is 33.3 Å². The van der Waals surface area contributed by atoms with Crippen molar-refractivity contribution in [2.75, 3.05) is 5.32 Å². The molecule has 1 fully saturated rings. The minimum absolute atomic E-state index is 0.106. The van der Waals surface area contributed by atoms with E-state index in [-0.39, 0.29) is 18.0 Å². The van der Waals surface area contributed by atoms with Gasteiger partial charge in [0.05, 0.1) is 5.92 Å². The Balaban J connectivity index is 1.53. The summed E-state index contributed by atoms with van der Waals surface area (Å²) in [7, 11) is 0. The third-order valence-electron chi connectivity index (χ3n) is 3.53. The lowest BCUT2D eigenvalue weighted by molar-refractivity contribution is -0.141. The van der Waals surface area contributed by atoms with Crippen LogP contribution in [-0.2, 0) is 4.79 Å². The van der Waals surface area contributed by atoms with Gasteiger partial charge in [0.25, 0.3) is 0 Å². The molecule has 9 heteroatoms. The average molecular weight is 338 g/mol. The van der Waals surface area contributed by atoms with Crippen LogP contribution in [0.4, 0.5) is 9.93 Å². The molecule has 3 rings (SSSR count). The van der Waals surface area contributed by atoms with E-state index in [0.717, 1.165) is 10.6 Å². The number of carbonyl (C=O) groups is 2. The highest BCUT2D eigenvalue weighted by atomic mass is 32.1. The van der Waals surface area contributed by atoms with Crippen molar-refractivity contribution < 1.29 is 14.7 Å². The fourth-order valence-corrected chi connectivity index (χ4v) is 3.88. The van der Waals surface area contributed by atoms with E-state index in [2.05, 4.69) is 20.8 Å². The van der Waals surface area contributed by atoms with E-state index in [0.29, 0.717) is 24.4 Å². The molecule has 0 aliphatic heterocycles. The molecular formula is C13H14N4O3S2. The SMILES string of the molecule is O=C(Nc1nnc(-c2ccsc2)s1)N[C@H]1CC[C@@H](C(=O)O)C1. The van der Waals surface area contributed by atoms with Crippen molar-refractivity contribution in [2.24, 2.45) is 5.92 Å². The number of aromatic nitrogens is 2. The number of aliphatic carboxylic acids is 1. The zero-order valence-corrected chi connectivity index (χ0v) is 13.1. The lowest BCUT2D eigenvalue weighted by Gasteiger charge is -2.11. The second kappa shape index (κ2) is 6.41. The smallest absolute Gasteiger partial charge is 0.321 e. The van der Waals surface area contributed by atoms with Crippen LogP contribution in [0.3, 0.4) is 0 Å². The molecule has 1 aliphatic rings. The van der Waals surface area contributed by atoms with Gasteiger partial charge in [-0.3, -0.25) is 10.1 Å². The molecule has 7 nitrogen and oxygen atoms in total. The zero-order chi connectivity index (χ0) is 15.5. The molecule has 0 spiro atoms. The largest absolute Gasteiger partial charge is 0.481 e. The summed E-state index contributed by atoms with van der Waals surface area (Å²) in [5.74, 6) is -1.16. The maximum Gasteiger partial charge on any atom is 0.321 e. The summed E-state index contributed by atoms with van der Waals surface area (Å²) >= 11 is 2.87. The highest BCUT2D eigenvalue weighted by Crippen LogP contribution is 2.28. The van der Waals surface area contributed by atoms with E-state index < -0.39 is 5.97 Å². The van der Waals surface area contributed by atoms with Crippen LogP contribution in [0.25, 0.3) is 10.6 Å². The second-order valence-corrected chi connectivity index (χ2v) is 6.83. The van der Waals surface area contributed by atoms with Crippen LogP contribution in [0.5, 0.6) is 0 Å². The molecular weight excluding hydrogens is 324 g/mol. The van der Waals surface area contributed by atoms with Crippen molar-refractivity contribution >= 4 is 39.8 Å². The van der Waals surface area contributed by atoms with Gasteiger partial charge in [0, 0.05) is 17.0 Å². The molecule has 3 N–H and O–H groups in total. The van der Waals surface area contributed by atoms with Gasteiger partial charge in [0.2, 0.25) is 5.13 Å². The predicted octanol–water partition coefficient (Wildman–Crippen LogP) is 2.64. The number of amides is 2. The molecule has 116 valence electrons. The first kappa shape index (κ1) is 14.9. The van der Waals surface area contributed by atoms with E-state index in [4.69, 9.17) is 5.11 Å². The van der Waals surface area contributed by atoms with Gasteiger partial charge in [-0.25, -0.2) is 4.79 Å². The topological polar surface area (TPSA) is 104 Å². The Hall–Kier alpha value is -2.00. The van der Waals surface area contributed by atoms with E-state index in [1.807, 2.05) is 16.8 Å². The van der Waals surface area contributed by atoms with Crippen LogP contribution in [0.2, 0.25) is 0 Å². The molecule has 0 aromatic carbocycles. The highest BCUT2D eigenvalue weighted by Gasteiger charge is 2.30. The quantitative estimate of drug-likeness (QED) is 0.795. The summed E-state index contributed by atoms with van der Waals surface area (Å²) in [4.78, 5) is 22.8. The summed E-state index contributed by atoms with van der Waals surface area (Å²) in [6.45, 7) is 0. The number of urea groups is 1. The molecule has 1 saturated carbocycles. The average Bonchev–Trinajstić information content (AvgIpc) is 3.18. The van der Waals surface area contributed by atoms with E-state index in [9.17, 15) is 9.59 Å². The number of carboxylic acids is 1. The van der Waals surface area contributed by atoms with Crippen molar-refractivity contribution in [3.8, 4) is 10.6 Å². The summed E-state index contributed by atoms with van der Waals surface area (Å²) < 4.78 is 0. The number of anilines is 1. The molecule has 1 aliphatic carbocycles. The molecule has 0 bridgehead atoms. The van der Waals surface area contributed by atoms with Gasteiger partial charge in [-0.1, -0.05) is 11.3 Å². The third-order valence-corrected chi connectivity index (χ3v) is 5.10. The number of carboxylic acid groups (broad SMARTS) is 1. The van der Waals surface area contributed by atoms with E-state index in [1.54, 1.807) is 11.3 Å². The van der Waals surface area contributed by atoms with E-state index in [1.165, 1.54) is 11.3 Å². The maximum atomic E-state index is 11.9. The molecule has 0 radical (unpaired) electrons. The molecule has 0 saturated heterocycles. The third kappa shape index (κ3) is 3.42. The number of nitrogens with one attached hydrogen (secondary N) is 2. The first-order valence-corrected chi connectivity index (χ1v) is 8.54. The van der Waals surface area contributed by atoms with Gasteiger partial charge in [0.1, 0.15) is 5.01 Å². The van der Waals surface area contributed by atoms with Gasteiger partial charge in [-0.2, -0.15) is 11.3 Å². The Morgan fingerprint density at radius 1 is 1.32 bits per heavy atom. The van der Waals surface area contributed by atoms with Crippen molar-refractivity contribution in [3.63, 3.8) is 0 Å². The number of rotatable bonds is 4. The lowest BCUT2D eigenvalue weighted by atomic mass is 10.1. The minimum atomic E-state index is -0.797. The van der Waals surface area contributed by atoms with Gasteiger partial charge in [-0.15, -0.1) is 10.2 Å². The number of carbonyl (C=O) groups excluding carboxylic acids is 1. The Bertz CT molecular complexity index is 671. The summed E-state index contributed by atoms with van der Waals surface area (Å²) in [5, 5.41) is 27.4. The van der Waals surface area contributed by atoms with E-state index >= 15 is 0 Å². The Morgan fingerprint density at radius 2 is 2.18 bits per heavy atom. The molecule has 22 heavy (non-hydrogen) atoms. The number of hydrogen-bond acceptors (Lipinski definition) is 6. The van der Waals surface area contributed by atoms with Gasteiger partial charge in [-0.05, 0) is 30.7 Å². The first-order chi connectivity index (χ1) is 10.6. The molecule has 2 amide bonds. The van der Waals surface area contributed by atoms with Gasteiger partial charge < -0.3 is 10.4 Å². The molecule has 2 atom stereocenters. The molecule has 2 heterocycles. The maximum absolute atomic E-state index is 11.9. The van der Waals surface area contributed by atoms with Crippen molar-refractivity contribution in [2.45, 2.75) is 25.3 Å². The monoisotopic (exact) mass is 338 g/mol. The number of hydrogen-bond donors (Lipinski definition) is 3. The van der Waals surface area contributed by atoms with Crippen molar-refractivity contribution in [3.05, 3.63) is 16.8 Å². The summed E-state index contributed by atoms with van der Waals surface area (Å²) in [6, 6.07) is 1.47. The Kier molecular flexibility index (Phi) is 4.34. The molecule has 0 unspecified atom stereocenters. The normalized spacial score (nSPS) is 20.7. The van der Waals surface area contributed by atoms with Crippen LogP contribution >= 0.6 is 22.7 Å². The Labute approximate surface area is 134 Å². The van der Waals surface area contributed by atoms with Crippen molar-refractivity contribution in [1.29, 1.82) is 0 Å². The van der Waals surface area contributed by atoms with Gasteiger partial charge >= 0.3 is 12.0 Å². The van der Waals surface area contributed by atoms with Crippen LogP contribution in [0.1, 0.15) is 19.3 Å². The fraction of sp³-hybridized carbons (Fsp3) is 0.385. The minimum Gasteiger partial charge on any atom is -0.481 e. The summed E-state index contributed by atoms with van der Waals surface area (Å²) in [5.41, 5.74) is 0.982. The fourth-order valence-electron chi connectivity index (χ4n) is 2.43. The van der Waals surface area contributed by atoms with Crippen molar-refractivity contribution in [1.82, 2.24) is 15.5 Å². The van der Waals surface area contributed by atoms with Crippen LogP contribution in [0.15, 0.2) is 16.8 Å². The second-order valence-electron chi connectivity index (χ2n) is 5.07. The molecule has 2 aromatic rings. The first-order valence-electron chi connectivity index (χ1n) is 6.78. The van der Waals surface area contributed by atoms with Gasteiger partial charge in [0.15, 0.2) is 0 Å². The Morgan fingerprint density at radius 3 is 2.86 bits per heavy atom. The standard InChI is InChI=1S/C13H14N4O3S2/c18-11(19)7-1-2-9(5-7)14-12(20)15-13-17-16-10(22-13)8-3-4-21-6-8/h3-4,6-7,9H,1-2,5H2,(H,18,19)(H2,14,15,17,20)/t7-,9+/m1/s1.